The first-order chi connectivity index (χ1) is 7.16. The van der Waals surface area contributed by atoms with Crippen molar-refractivity contribution < 1.29 is 9.53 Å². The van der Waals surface area contributed by atoms with Gasteiger partial charge in [0.15, 0.2) is 0 Å². The third-order valence-electron chi connectivity index (χ3n) is 2.90. The summed E-state index contributed by atoms with van der Waals surface area (Å²) in [5, 5.41) is 0. The van der Waals surface area contributed by atoms with Gasteiger partial charge >= 0.3 is 5.97 Å². The summed E-state index contributed by atoms with van der Waals surface area (Å²) in [6.07, 6.45) is 2.74. The molecule has 0 saturated heterocycles. The van der Waals surface area contributed by atoms with Gasteiger partial charge in [0.05, 0.1) is 12.5 Å². The predicted octanol–water partition coefficient (Wildman–Crippen LogP) is 2.79. The molecule has 1 aliphatic carbocycles. The van der Waals surface area contributed by atoms with Gasteiger partial charge in [-0.15, -0.1) is 0 Å². The summed E-state index contributed by atoms with van der Waals surface area (Å²) >= 11 is 2.29. The van der Waals surface area contributed by atoms with Gasteiger partial charge < -0.3 is 4.74 Å². The topological polar surface area (TPSA) is 26.3 Å². The molecule has 0 aliphatic heterocycles. The maximum Gasteiger partial charge on any atom is 0.312 e. The molecule has 0 atom stereocenters. The van der Waals surface area contributed by atoms with Crippen LogP contribution in [0.5, 0.6) is 0 Å². The maximum absolute atomic E-state index is 11.6. The van der Waals surface area contributed by atoms with Gasteiger partial charge in [-0.2, -0.15) is 0 Å². The van der Waals surface area contributed by atoms with E-state index >= 15 is 0 Å². The van der Waals surface area contributed by atoms with Crippen LogP contribution in [-0.2, 0) is 16.0 Å². The van der Waals surface area contributed by atoms with Crippen LogP contribution in [0.4, 0.5) is 0 Å². The average molecular weight is 316 g/mol. The second-order valence-electron chi connectivity index (χ2n) is 4.08. The molecule has 0 unspecified atom stereocenters. The molecule has 0 spiro atoms. The zero-order valence-electron chi connectivity index (χ0n) is 8.63. The molecule has 15 heavy (non-hydrogen) atoms. The van der Waals surface area contributed by atoms with Gasteiger partial charge in [-0.1, -0.05) is 12.1 Å². The number of hydrogen-bond donors (Lipinski definition) is 0. The van der Waals surface area contributed by atoms with E-state index in [1.807, 2.05) is 6.07 Å². The summed E-state index contributed by atoms with van der Waals surface area (Å²) in [6.45, 7) is 0. The van der Waals surface area contributed by atoms with Crippen molar-refractivity contribution in [1.82, 2.24) is 0 Å². The first-order valence-corrected chi connectivity index (χ1v) is 6.07. The first kappa shape index (κ1) is 10.9. The molecule has 1 aromatic rings. The summed E-state index contributed by atoms with van der Waals surface area (Å²) in [4.78, 5) is 11.6. The molecule has 2 rings (SSSR count). The number of carbonyl (C=O) groups is 1. The minimum absolute atomic E-state index is 0.0543. The molecule has 0 N–H and O–H groups in total. The number of esters is 1. The predicted molar refractivity (Wildman–Crippen MR) is 66.5 cm³/mol. The van der Waals surface area contributed by atoms with Crippen LogP contribution in [0.15, 0.2) is 24.3 Å². The second kappa shape index (κ2) is 4.12. The Morgan fingerprint density at radius 1 is 1.53 bits per heavy atom. The number of carbonyl (C=O) groups excluding carboxylic acids is 1. The number of halogens is 1. The van der Waals surface area contributed by atoms with Crippen LogP contribution in [0.25, 0.3) is 0 Å². The number of ether oxygens (including phenoxy) is 1. The van der Waals surface area contributed by atoms with Crippen molar-refractivity contribution in [3.63, 3.8) is 0 Å². The van der Waals surface area contributed by atoms with Crippen molar-refractivity contribution in [2.24, 2.45) is 5.41 Å². The van der Waals surface area contributed by atoms with Crippen LogP contribution in [-0.4, -0.2) is 13.1 Å². The Balaban J connectivity index is 2.12. The lowest BCUT2D eigenvalue weighted by Crippen LogP contribution is -2.19. The Kier molecular flexibility index (Phi) is 3.00. The first-order valence-electron chi connectivity index (χ1n) is 4.99. The van der Waals surface area contributed by atoms with Gasteiger partial charge in [0.2, 0.25) is 0 Å². The summed E-state index contributed by atoms with van der Waals surface area (Å²) in [5.74, 6) is -0.0543. The molecule has 2 nitrogen and oxygen atoms in total. The van der Waals surface area contributed by atoms with Crippen molar-refractivity contribution in [3.05, 3.63) is 33.4 Å². The number of hydrogen-bond acceptors (Lipinski definition) is 2. The number of rotatable bonds is 3. The van der Waals surface area contributed by atoms with Gasteiger partial charge in [0.25, 0.3) is 0 Å². The molecular weight excluding hydrogens is 303 g/mol. The van der Waals surface area contributed by atoms with Gasteiger partial charge in [0.1, 0.15) is 0 Å². The fourth-order valence-corrected chi connectivity index (χ4v) is 2.47. The lowest BCUT2D eigenvalue weighted by atomic mass is 9.97. The summed E-state index contributed by atoms with van der Waals surface area (Å²) < 4.78 is 6.05. The molecular formula is C12H13IO2. The standard InChI is InChI=1S/C12H13IO2/c1-15-11(14)12(5-6-12)8-9-3-2-4-10(13)7-9/h2-4,7H,5-6,8H2,1H3. The van der Waals surface area contributed by atoms with E-state index in [0.29, 0.717) is 0 Å². The fraction of sp³-hybridized carbons (Fsp3) is 0.417. The monoisotopic (exact) mass is 316 g/mol. The van der Waals surface area contributed by atoms with Crippen molar-refractivity contribution in [1.29, 1.82) is 0 Å². The van der Waals surface area contributed by atoms with Crippen LogP contribution in [0.3, 0.4) is 0 Å². The summed E-state index contributed by atoms with van der Waals surface area (Å²) in [5.41, 5.74) is 1.02. The Morgan fingerprint density at radius 3 is 2.80 bits per heavy atom. The van der Waals surface area contributed by atoms with E-state index in [1.165, 1.54) is 16.2 Å². The van der Waals surface area contributed by atoms with E-state index in [-0.39, 0.29) is 11.4 Å². The fourth-order valence-electron chi connectivity index (χ4n) is 1.86. The zero-order chi connectivity index (χ0) is 10.9. The van der Waals surface area contributed by atoms with E-state index in [9.17, 15) is 4.79 Å². The van der Waals surface area contributed by atoms with Crippen molar-refractivity contribution in [2.75, 3.05) is 7.11 Å². The van der Waals surface area contributed by atoms with Gasteiger partial charge in [-0.25, -0.2) is 0 Å². The third kappa shape index (κ3) is 2.33. The van der Waals surface area contributed by atoms with Crippen molar-refractivity contribution in [2.45, 2.75) is 19.3 Å². The Hall–Kier alpha value is -0.580. The highest BCUT2D eigenvalue weighted by atomic mass is 127. The minimum Gasteiger partial charge on any atom is -0.469 e. The highest BCUT2D eigenvalue weighted by Gasteiger charge is 2.50. The van der Waals surface area contributed by atoms with Gasteiger partial charge in [-0.3, -0.25) is 4.79 Å². The lowest BCUT2D eigenvalue weighted by molar-refractivity contribution is -0.147. The molecule has 3 heteroatoms. The quantitative estimate of drug-likeness (QED) is 0.633. The SMILES string of the molecule is COC(=O)C1(Cc2cccc(I)c2)CC1. The average Bonchev–Trinajstić information content (AvgIpc) is 2.98. The van der Waals surface area contributed by atoms with Crippen LogP contribution < -0.4 is 0 Å². The smallest absolute Gasteiger partial charge is 0.312 e. The normalized spacial score (nSPS) is 17.2. The van der Waals surface area contributed by atoms with E-state index in [2.05, 4.69) is 40.8 Å². The van der Waals surface area contributed by atoms with Crippen LogP contribution in [0, 0.1) is 8.99 Å². The lowest BCUT2D eigenvalue weighted by Gasteiger charge is -2.12. The van der Waals surface area contributed by atoms with Crippen molar-refractivity contribution in [3.8, 4) is 0 Å². The zero-order valence-corrected chi connectivity index (χ0v) is 10.8. The van der Waals surface area contributed by atoms with Gasteiger partial charge in [-0.05, 0) is 59.5 Å². The van der Waals surface area contributed by atoms with E-state index in [0.717, 1.165) is 19.3 Å². The molecule has 0 aromatic heterocycles. The van der Waals surface area contributed by atoms with Crippen molar-refractivity contribution >= 4 is 28.6 Å². The van der Waals surface area contributed by atoms with Crippen LogP contribution in [0.1, 0.15) is 18.4 Å². The molecule has 80 valence electrons. The summed E-state index contributed by atoms with van der Waals surface area (Å²) in [7, 11) is 1.47. The minimum atomic E-state index is -0.209. The van der Waals surface area contributed by atoms with Crippen LogP contribution in [0.2, 0.25) is 0 Å². The second-order valence-corrected chi connectivity index (χ2v) is 5.32. The molecule has 1 fully saturated rings. The molecule has 0 heterocycles. The molecule has 1 saturated carbocycles. The highest BCUT2D eigenvalue weighted by molar-refractivity contribution is 14.1. The maximum atomic E-state index is 11.6. The van der Waals surface area contributed by atoms with E-state index in [1.54, 1.807) is 0 Å². The largest absolute Gasteiger partial charge is 0.469 e. The molecule has 1 aliphatic rings. The Bertz CT molecular complexity index is 383. The Labute approximate surface area is 103 Å². The summed E-state index contributed by atoms with van der Waals surface area (Å²) in [6, 6.07) is 8.29. The van der Waals surface area contributed by atoms with Gasteiger partial charge in [0, 0.05) is 3.57 Å². The van der Waals surface area contributed by atoms with Crippen LogP contribution >= 0.6 is 22.6 Å². The highest BCUT2D eigenvalue weighted by Crippen LogP contribution is 2.49. The number of methoxy groups -OCH3 is 1. The molecule has 1 aromatic carbocycles. The number of benzene rings is 1. The molecule has 0 radical (unpaired) electrons. The molecule has 0 bridgehead atoms. The van der Waals surface area contributed by atoms with E-state index < -0.39 is 0 Å². The molecule has 0 amide bonds. The Morgan fingerprint density at radius 2 is 2.27 bits per heavy atom. The van der Waals surface area contributed by atoms with E-state index in [4.69, 9.17) is 4.74 Å². The third-order valence-corrected chi connectivity index (χ3v) is 3.57.